The highest BCUT2D eigenvalue weighted by Gasteiger charge is 2.14. The average Bonchev–Trinajstić information content (AvgIpc) is 2.61. The van der Waals surface area contributed by atoms with Crippen molar-refractivity contribution < 1.29 is 4.92 Å². The Bertz CT molecular complexity index is 947. The second-order valence-electron chi connectivity index (χ2n) is 5.32. The minimum atomic E-state index is -0.466. The van der Waals surface area contributed by atoms with Gasteiger partial charge in [0, 0.05) is 35.0 Å². The monoisotopic (exact) mass is 389 g/mol. The van der Waals surface area contributed by atoms with Crippen LogP contribution in [0.1, 0.15) is 0 Å². The number of hydrogen-bond acceptors (Lipinski definition) is 6. The van der Waals surface area contributed by atoms with E-state index < -0.39 is 4.92 Å². The van der Waals surface area contributed by atoms with E-state index in [1.165, 1.54) is 6.07 Å². The van der Waals surface area contributed by atoms with Crippen LogP contribution in [-0.4, -0.2) is 21.9 Å². The van der Waals surface area contributed by atoms with Crippen molar-refractivity contribution in [1.29, 1.82) is 0 Å². The molecule has 0 saturated heterocycles. The summed E-state index contributed by atoms with van der Waals surface area (Å²) in [5, 5.41) is 15.0. The van der Waals surface area contributed by atoms with Gasteiger partial charge >= 0.3 is 0 Å². The zero-order valence-corrected chi connectivity index (χ0v) is 15.1. The maximum Gasteiger partial charge on any atom is 0.292 e. The molecule has 0 spiro atoms. The summed E-state index contributed by atoms with van der Waals surface area (Å²) in [6, 6.07) is 13.1. The number of anilines is 4. The van der Waals surface area contributed by atoms with Gasteiger partial charge in [-0.05, 0) is 30.3 Å². The number of nitrogens with zero attached hydrogens (tertiary/aromatic N) is 4. The lowest BCUT2D eigenvalue weighted by molar-refractivity contribution is -0.383. The van der Waals surface area contributed by atoms with Crippen molar-refractivity contribution in [3.63, 3.8) is 0 Å². The van der Waals surface area contributed by atoms with Gasteiger partial charge in [0.1, 0.15) is 11.5 Å². The van der Waals surface area contributed by atoms with Crippen LogP contribution in [0, 0.1) is 10.1 Å². The van der Waals surface area contributed by atoms with Crippen LogP contribution < -0.4 is 10.2 Å². The highest BCUT2D eigenvalue weighted by atomic mass is 35.5. The lowest BCUT2D eigenvalue weighted by Crippen LogP contribution is -2.12. The Labute approximate surface area is 159 Å². The normalized spacial score (nSPS) is 10.4. The number of benzene rings is 2. The standard InChI is InChI=1S/C17H13Cl2N5O2/c1-23(13-9-11(18)8-12(19)10-13)16-6-7-20-17(22-16)21-14-4-2-3-5-15(14)24(25)26/h2-10H,1H3,(H,20,21,22). The van der Waals surface area contributed by atoms with Crippen molar-refractivity contribution >= 4 is 52.0 Å². The first-order valence-corrected chi connectivity index (χ1v) is 8.23. The molecule has 7 nitrogen and oxygen atoms in total. The molecule has 0 aliphatic carbocycles. The molecule has 1 heterocycles. The summed E-state index contributed by atoms with van der Waals surface area (Å²) in [5.41, 5.74) is 0.998. The van der Waals surface area contributed by atoms with E-state index in [1.807, 2.05) is 0 Å². The van der Waals surface area contributed by atoms with E-state index >= 15 is 0 Å². The van der Waals surface area contributed by atoms with Crippen LogP contribution in [0.15, 0.2) is 54.7 Å². The second kappa shape index (κ2) is 7.55. The van der Waals surface area contributed by atoms with Crippen LogP contribution in [0.2, 0.25) is 10.0 Å². The summed E-state index contributed by atoms with van der Waals surface area (Å²) in [6.07, 6.45) is 1.56. The fraction of sp³-hybridized carbons (Fsp3) is 0.0588. The van der Waals surface area contributed by atoms with E-state index in [0.29, 0.717) is 21.6 Å². The van der Waals surface area contributed by atoms with Gasteiger partial charge in [0.2, 0.25) is 5.95 Å². The maximum absolute atomic E-state index is 11.1. The first kappa shape index (κ1) is 17.9. The van der Waals surface area contributed by atoms with E-state index in [0.717, 1.165) is 5.69 Å². The van der Waals surface area contributed by atoms with E-state index in [2.05, 4.69) is 15.3 Å². The molecular weight excluding hydrogens is 377 g/mol. The molecule has 0 bridgehead atoms. The van der Waals surface area contributed by atoms with Crippen LogP contribution in [0.3, 0.4) is 0 Å². The average molecular weight is 390 g/mol. The number of aromatic nitrogens is 2. The van der Waals surface area contributed by atoms with Gasteiger partial charge in [-0.1, -0.05) is 35.3 Å². The fourth-order valence-electron chi connectivity index (χ4n) is 2.32. The molecule has 1 aromatic heterocycles. The number of nitrogens with one attached hydrogen (secondary N) is 1. The fourth-order valence-corrected chi connectivity index (χ4v) is 2.83. The Morgan fingerprint density at radius 3 is 2.50 bits per heavy atom. The van der Waals surface area contributed by atoms with Gasteiger partial charge in [-0.25, -0.2) is 4.98 Å². The molecule has 0 aliphatic heterocycles. The van der Waals surface area contributed by atoms with Gasteiger partial charge in [-0.3, -0.25) is 10.1 Å². The van der Waals surface area contributed by atoms with Gasteiger partial charge in [-0.2, -0.15) is 4.98 Å². The SMILES string of the molecule is CN(c1cc(Cl)cc(Cl)c1)c1ccnc(Nc2ccccc2[N+](=O)[O-])n1. The van der Waals surface area contributed by atoms with Crippen molar-refractivity contribution in [2.45, 2.75) is 0 Å². The molecule has 132 valence electrons. The molecule has 0 atom stereocenters. The summed E-state index contributed by atoms with van der Waals surface area (Å²) >= 11 is 12.1. The number of halogens is 2. The van der Waals surface area contributed by atoms with Crippen LogP contribution in [0.25, 0.3) is 0 Å². The van der Waals surface area contributed by atoms with Crippen molar-refractivity contribution in [2.24, 2.45) is 0 Å². The van der Waals surface area contributed by atoms with Crippen molar-refractivity contribution in [3.8, 4) is 0 Å². The smallest absolute Gasteiger partial charge is 0.292 e. The molecule has 26 heavy (non-hydrogen) atoms. The van der Waals surface area contributed by atoms with Gasteiger partial charge in [-0.15, -0.1) is 0 Å². The van der Waals surface area contributed by atoms with E-state index in [4.69, 9.17) is 23.2 Å². The van der Waals surface area contributed by atoms with Gasteiger partial charge in [0.05, 0.1) is 4.92 Å². The molecule has 0 saturated carbocycles. The van der Waals surface area contributed by atoms with Gasteiger partial charge in [0.25, 0.3) is 5.69 Å². The van der Waals surface area contributed by atoms with Gasteiger partial charge in [0.15, 0.2) is 0 Å². The molecule has 0 fully saturated rings. The van der Waals surface area contributed by atoms with Crippen LogP contribution >= 0.6 is 23.2 Å². The number of nitro groups is 1. The third-order valence-electron chi connectivity index (χ3n) is 3.57. The summed E-state index contributed by atoms with van der Waals surface area (Å²) in [4.78, 5) is 21.0. The highest BCUT2D eigenvalue weighted by Crippen LogP contribution is 2.30. The molecule has 0 radical (unpaired) electrons. The third-order valence-corrected chi connectivity index (χ3v) is 4.00. The summed E-state index contributed by atoms with van der Waals surface area (Å²) in [7, 11) is 1.80. The van der Waals surface area contributed by atoms with Crippen molar-refractivity contribution in [3.05, 3.63) is 74.9 Å². The lowest BCUT2D eigenvalue weighted by Gasteiger charge is -2.19. The van der Waals surface area contributed by atoms with E-state index in [-0.39, 0.29) is 11.6 Å². The second-order valence-corrected chi connectivity index (χ2v) is 6.20. The molecular formula is C17H13Cl2N5O2. The Balaban J connectivity index is 1.90. The number of hydrogen-bond donors (Lipinski definition) is 1. The Morgan fingerprint density at radius 1 is 1.12 bits per heavy atom. The quantitative estimate of drug-likeness (QED) is 0.476. The zero-order chi connectivity index (χ0) is 18.7. The predicted octanol–water partition coefficient (Wildman–Crippen LogP) is 5.20. The third kappa shape index (κ3) is 4.01. The van der Waals surface area contributed by atoms with Crippen LogP contribution in [0.4, 0.5) is 28.8 Å². The highest BCUT2D eigenvalue weighted by molar-refractivity contribution is 6.35. The van der Waals surface area contributed by atoms with Gasteiger partial charge < -0.3 is 10.2 Å². The molecule has 0 aliphatic rings. The van der Waals surface area contributed by atoms with Crippen molar-refractivity contribution in [1.82, 2.24) is 9.97 Å². The minimum Gasteiger partial charge on any atom is -0.329 e. The van der Waals surface area contributed by atoms with E-state index in [1.54, 1.807) is 60.6 Å². The zero-order valence-electron chi connectivity index (χ0n) is 13.6. The molecule has 3 aromatic rings. The van der Waals surface area contributed by atoms with Crippen LogP contribution in [-0.2, 0) is 0 Å². The first-order valence-electron chi connectivity index (χ1n) is 7.47. The van der Waals surface area contributed by atoms with Crippen LogP contribution in [0.5, 0.6) is 0 Å². The maximum atomic E-state index is 11.1. The lowest BCUT2D eigenvalue weighted by atomic mass is 10.3. The number of para-hydroxylation sites is 2. The Morgan fingerprint density at radius 2 is 1.81 bits per heavy atom. The predicted molar refractivity (Wildman–Crippen MR) is 103 cm³/mol. The topological polar surface area (TPSA) is 84.2 Å². The largest absolute Gasteiger partial charge is 0.329 e. The minimum absolute atomic E-state index is 0.0588. The molecule has 0 amide bonds. The molecule has 3 rings (SSSR count). The first-order chi connectivity index (χ1) is 12.4. The molecule has 2 aromatic carbocycles. The summed E-state index contributed by atoms with van der Waals surface area (Å²) in [6.45, 7) is 0. The number of nitro benzene ring substituents is 1. The number of rotatable bonds is 5. The molecule has 9 heteroatoms. The summed E-state index contributed by atoms with van der Waals surface area (Å²) in [5.74, 6) is 0.802. The Kier molecular flexibility index (Phi) is 5.20. The molecule has 0 unspecified atom stereocenters. The van der Waals surface area contributed by atoms with E-state index in [9.17, 15) is 10.1 Å². The molecule has 1 N–H and O–H groups in total. The summed E-state index contributed by atoms with van der Waals surface area (Å²) < 4.78 is 0. The van der Waals surface area contributed by atoms with Crippen molar-refractivity contribution in [2.75, 3.05) is 17.3 Å². The Hall–Kier alpha value is -2.90.